The summed E-state index contributed by atoms with van der Waals surface area (Å²) in [5.74, 6) is 0.573. The van der Waals surface area contributed by atoms with E-state index in [9.17, 15) is 4.79 Å². The highest BCUT2D eigenvalue weighted by atomic mass is 16.5. The highest BCUT2D eigenvalue weighted by Crippen LogP contribution is 2.59. The lowest BCUT2D eigenvalue weighted by molar-refractivity contribution is -0.156. The van der Waals surface area contributed by atoms with Gasteiger partial charge >= 0.3 is 5.97 Å². The lowest BCUT2D eigenvalue weighted by Crippen LogP contribution is -2.47. The molecule has 146 valence electrons. The van der Waals surface area contributed by atoms with Crippen molar-refractivity contribution in [3.8, 4) is 11.8 Å². The Labute approximate surface area is 167 Å². The second kappa shape index (κ2) is 7.59. The zero-order valence-corrected chi connectivity index (χ0v) is 16.8. The van der Waals surface area contributed by atoms with Crippen molar-refractivity contribution in [3.63, 3.8) is 0 Å². The van der Waals surface area contributed by atoms with Crippen molar-refractivity contribution in [1.82, 2.24) is 0 Å². The summed E-state index contributed by atoms with van der Waals surface area (Å²) in [6.45, 7) is 2.26. The van der Waals surface area contributed by atoms with Gasteiger partial charge in [0.05, 0.1) is 17.0 Å². The Hall–Kier alpha value is -2.34. The van der Waals surface area contributed by atoms with Gasteiger partial charge in [0.2, 0.25) is 0 Å². The topological polar surface area (TPSA) is 50.1 Å². The quantitative estimate of drug-likeness (QED) is 0.327. The maximum atomic E-state index is 13.1. The molecule has 0 radical (unpaired) electrons. The van der Waals surface area contributed by atoms with Gasteiger partial charge in [0.15, 0.2) is 0 Å². The number of esters is 1. The standard InChI is InChI=1S/C25H29NO2/c1-2-3-4-9-24-10-13-25(14-11-24,15-12-24)23(27)28-22-8-7-20-16-19(18-26)5-6-21(20)17-22/h5-8,16-17H,2-4,9-15H2,1H3. The molecular weight excluding hydrogens is 346 g/mol. The molecule has 0 atom stereocenters. The molecule has 0 saturated heterocycles. The fraction of sp³-hybridized carbons (Fsp3) is 0.520. The third kappa shape index (κ3) is 3.53. The lowest BCUT2D eigenvalue weighted by atomic mass is 9.52. The van der Waals surface area contributed by atoms with Crippen molar-refractivity contribution < 1.29 is 9.53 Å². The molecule has 2 aromatic rings. The molecule has 0 aromatic heterocycles. The zero-order valence-electron chi connectivity index (χ0n) is 16.8. The van der Waals surface area contributed by atoms with Gasteiger partial charge in [0.1, 0.15) is 5.75 Å². The minimum atomic E-state index is -0.272. The maximum absolute atomic E-state index is 13.1. The number of nitriles is 1. The number of hydrogen-bond acceptors (Lipinski definition) is 3. The number of fused-ring (bicyclic) bond motifs is 4. The first-order chi connectivity index (χ1) is 13.6. The molecule has 0 spiro atoms. The van der Waals surface area contributed by atoms with Crippen LogP contribution in [0.15, 0.2) is 36.4 Å². The van der Waals surface area contributed by atoms with E-state index in [1.54, 1.807) is 6.07 Å². The molecule has 3 aliphatic carbocycles. The molecule has 0 heterocycles. The van der Waals surface area contributed by atoms with E-state index in [4.69, 9.17) is 10.00 Å². The Bertz CT molecular complexity index is 899. The van der Waals surface area contributed by atoms with E-state index in [1.165, 1.54) is 44.9 Å². The highest BCUT2D eigenvalue weighted by Gasteiger charge is 2.52. The molecule has 0 amide bonds. The molecule has 2 aromatic carbocycles. The lowest BCUT2D eigenvalue weighted by Gasteiger charge is -2.52. The second-order valence-electron chi connectivity index (χ2n) is 8.96. The summed E-state index contributed by atoms with van der Waals surface area (Å²) in [6, 6.07) is 13.4. The van der Waals surface area contributed by atoms with Crippen molar-refractivity contribution >= 4 is 16.7 Å². The molecule has 3 heteroatoms. The second-order valence-corrected chi connectivity index (χ2v) is 8.96. The summed E-state index contributed by atoms with van der Waals surface area (Å²) < 4.78 is 5.86. The first-order valence-corrected chi connectivity index (χ1v) is 10.7. The number of hydrogen-bond donors (Lipinski definition) is 0. The molecule has 3 fully saturated rings. The third-order valence-electron chi connectivity index (χ3n) is 7.30. The predicted octanol–water partition coefficient (Wildman–Crippen LogP) is 6.54. The summed E-state index contributed by atoms with van der Waals surface area (Å²) >= 11 is 0. The number of nitrogens with zero attached hydrogens (tertiary/aromatic N) is 1. The van der Waals surface area contributed by atoms with Crippen LogP contribution in [0.1, 0.15) is 76.7 Å². The van der Waals surface area contributed by atoms with Crippen LogP contribution in [0.25, 0.3) is 10.8 Å². The third-order valence-corrected chi connectivity index (χ3v) is 7.30. The zero-order chi connectivity index (χ0) is 19.6. The van der Waals surface area contributed by atoms with Crippen LogP contribution in [0, 0.1) is 22.2 Å². The van der Waals surface area contributed by atoms with E-state index in [0.717, 1.165) is 30.0 Å². The number of ether oxygens (including phenoxy) is 1. The summed E-state index contributed by atoms with van der Waals surface area (Å²) in [4.78, 5) is 13.1. The van der Waals surface area contributed by atoms with Gasteiger partial charge in [-0.3, -0.25) is 4.79 Å². The average Bonchev–Trinajstić information content (AvgIpc) is 2.74. The van der Waals surface area contributed by atoms with Gasteiger partial charge in [-0.1, -0.05) is 38.3 Å². The van der Waals surface area contributed by atoms with E-state index < -0.39 is 0 Å². The fourth-order valence-electron chi connectivity index (χ4n) is 5.27. The Morgan fingerprint density at radius 3 is 2.36 bits per heavy atom. The van der Waals surface area contributed by atoms with Crippen molar-refractivity contribution in [2.75, 3.05) is 0 Å². The van der Waals surface area contributed by atoms with Crippen LogP contribution < -0.4 is 4.74 Å². The molecule has 3 aliphatic rings. The number of carbonyl (C=O) groups is 1. The molecule has 3 nitrogen and oxygen atoms in total. The van der Waals surface area contributed by atoms with E-state index in [1.807, 2.05) is 30.3 Å². The Morgan fingerprint density at radius 1 is 1.00 bits per heavy atom. The molecular formula is C25H29NO2. The molecule has 0 unspecified atom stereocenters. The van der Waals surface area contributed by atoms with Crippen molar-refractivity contribution in [1.29, 1.82) is 5.26 Å². The van der Waals surface area contributed by atoms with Crippen molar-refractivity contribution in [3.05, 3.63) is 42.0 Å². The van der Waals surface area contributed by atoms with Crippen LogP contribution in [-0.2, 0) is 4.79 Å². The van der Waals surface area contributed by atoms with Crippen LogP contribution in [0.4, 0.5) is 0 Å². The van der Waals surface area contributed by atoms with Gasteiger partial charge in [-0.2, -0.15) is 5.26 Å². The van der Waals surface area contributed by atoms with E-state index >= 15 is 0 Å². The Kier molecular flexibility index (Phi) is 5.15. The fourth-order valence-corrected chi connectivity index (χ4v) is 5.27. The number of unbranched alkanes of at least 4 members (excludes halogenated alkanes) is 2. The molecule has 2 bridgehead atoms. The van der Waals surface area contributed by atoms with Gasteiger partial charge in [0, 0.05) is 0 Å². The Morgan fingerprint density at radius 2 is 1.68 bits per heavy atom. The summed E-state index contributed by atoms with van der Waals surface area (Å²) in [5.41, 5.74) is 0.869. The predicted molar refractivity (Wildman–Crippen MR) is 111 cm³/mol. The maximum Gasteiger partial charge on any atom is 0.317 e. The van der Waals surface area contributed by atoms with Crippen LogP contribution in [0.2, 0.25) is 0 Å². The van der Waals surface area contributed by atoms with Gasteiger partial charge < -0.3 is 4.74 Å². The number of carbonyl (C=O) groups excluding carboxylic acids is 1. The largest absolute Gasteiger partial charge is 0.426 e. The molecule has 0 N–H and O–H groups in total. The molecule has 28 heavy (non-hydrogen) atoms. The van der Waals surface area contributed by atoms with E-state index in [2.05, 4.69) is 13.0 Å². The summed E-state index contributed by atoms with van der Waals surface area (Å²) in [6.07, 6.45) is 11.8. The molecule has 5 rings (SSSR count). The van der Waals surface area contributed by atoms with Crippen LogP contribution in [-0.4, -0.2) is 5.97 Å². The normalized spacial score (nSPS) is 26.1. The SMILES string of the molecule is CCCCCC12CCC(C(=O)Oc3ccc4cc(C#N)ccc4c3)(CC1)CC2. The van der Waals surface area contributed by atoms with Crippen LogP contribution in [0.3, 0.4) is 0 Å². The monoisotopic (exact) mass is 375 g/mol. The van der Waals surface area contributed by atoms with Crippen LogP contribution in [0.5, 0.6) is 5.75 Å². The first-order valence-electron chi connectivity index (χ1n) is 10.7. The minimum absolute atomic E-state index is 0.0395. The summed E-state index contributed by atoms with van der Waals surface area (Å²) in [5, 5.41) is 11.0. The van der Waals surface area contributed by atoms with Gasteiger partial charge in [-0.15, -0.1) is 0 Å². The number of rotatable bonds is 6. The first kappa shape index (κ1) is 19.0. The van der Waals surface area contributed by atoms with Gasteiger partial charge in [0.25, 0.3) is 0 Å². The van der Waals surface area contributed by atoms with E-state index in [0.29, 0.717) is 16.7 Å². The Balaban J connectivity index is 1.43. The van der Waals surface area contributed by atoms with Crippen molar-refractivity contribution in [2.45, 2.75) is 71.1 Å². The van der Waals surface area contributed by atoms with E-state index in [-0.39, 0.29) is 11.4 Å². The molecule has 3 saturated carbocycles. The van der Waals surface area contributed by atoms with Crippen LogP contribution >= 0.6 is 0 Å². The van der Waals surface area contributed by atoms with Gasteiger partial charge in [-0.25, -0.2) is 0 Å². The van der Waals surface area contributed by atoms with Crippen molar-refractivity contribution in [2.24, 2.45) is 10.8 Å². The van der Waals surface area contributed by atoms with Gasteiger partial charge in [-0.05, 0) is 85.4 Å². The molecule has 0 aliphatic heterocycles. The smallest absolute Gasteiger partial charge is 0.317 e. The summed E-state index contributed by atoms with van der Waals surface area (Å²) in [7, 11) is 0. The minimum Gasteiger partial charge on any atom is -0.426 e. The number of benzene rings is 2. The average molecular weight is 376 g/mol. The highest BCUT2D eigenvalue weighted by molar-refractivity contribution is 5.86.